The molecule has 0 aromatic rings. The van der Waals surface area contributed by atoms with Gasteiger partial charge in [0.25, 0.3) is 0 Å². The van der Waals surface area contributed by atoms with Crippen molar-refractivity contribution in [2.75, 3.05) is 6.61 Å². The van der Waals surface area contributed by atoms with Crippen molar-refractivity contribution in [3.8, 4) is 0 Å². The van der Waals surface area contributed by atoms with Gasteiger partial charge in [-0.2, -0.15) is 0 Å². The van der Waals surface area contributed by atoms with Crippen LogP contribution in [0.1, 0.15) is 46.5 Å². The fourth-order valence-corrected chi connectivity index (χ4v) is 3.02. The van der Waals surface area contributed by atoms with Gasteiger partial charge in [0.15, 0.2) is 0 Å². The fourth-order valence-electron chi connectivity index (χ4n) is 2.07. The van der Waals surface area contributed by atoms with Gasteiger partial charge in [-0.1, -0.05) is 0 Å². The zero-order valence-electron chi connectivity index (χ0n) is 9.75. The first-order chi connectivity index (χ1) is 6.59. The van der Waals surface area contributed by atoms with Crippen molar-refractivity contribution in [2.45, 2.75) is 56.5 Å². The topological polar surface area (TPSA) is 9.23 Å². The van der Waals surface area contributed by atoms with Gasteiger partial charge < -0.3 is 0 Å². The molecule has 0 saturated heterocycles. The molecule has 3 radical (unpaired) electrons. The Morgan fingerprint density at radius 3 is 2.21 bits per heavy atom. The van der Waals surface area contributed by atoms with Gasteiger partial charge in [0.1, 0.15) is 0 Å². The molecule has 1 fully saturated rings. The van der Waals surface area contributed by atoms with Gasteiger partial charge in [0.05, 0.1) is 0 Å². The van der Waals surface area contributed by atoms with E-state index in [0.717, 1.165) is 16.5 Å². The van der Waals surface area contributed by atoms with Crippen molar-refractivity contribution in [3.05, 3.63) is 0 Å². The number of hydrogen-bond acceptors (Lipinski definition) is 1. The standard InChI is InChI=1S/C12H23O.Sn/c1-10(2)9-13-11(3)12-7-5-4-6-8-12;/h4,10-12H,5-9H2,1-3H3;. The van der Waals surface area contributed by atoms with E-state index in [9.17, 15) is 0 Å². The minimum absolute atomic E-state index is 0.487. The van der Waals surface area contributed by atoms with Crippen molar-refractivity contribution >= 4 is 22.5 Å². The molecule has 1 unspecified atom stereocenters. The second-order valence-electron chi connectivity index (χ2n) is 5.04. The summed E-state index contributed by atoms with van der Waals surface area (Å²) in [6.45, 7) is 7.63. The summed E-state index contributed by atoms with van der Waals surface area (Å²) in [6.07, 6.45) is 6.17. The Labute approximate surface area is 102 Å². The average molecular weight is 302 g/mol. The molecule has 0 bridgehead atoms. The molecule has 0 amide bonds. The molecule has 0 spiro atoms. The summed E-state index contributed by atoms with van der Waals surface area (Å²) in [7, 11) is 0. The SMILES string of the molecule is CC(C)COC(C)C1CC[CH]([Sn])CC1. The third-order valence-corrected chi connectivity index (χ3v) is 4.78. The number of rotatable bonds is 4. The van der Waals surface area contributed by atoms with Gasteiger partial charge in [-0.05, 0) is 0 Å². The number of hydrogen-bond donors (Lipinski definition) is 0. The molecule has 14 heavy (non-hydrogen) atoms. The van der Waals surface area contributed by atoms with Crippen LogP contribution in [0.3, 0.4) is 0 Å². The molecule has 1 nitrogen and oxygen atoms in total. The third-order valence-electron chi connectivity index (χ3n) is 3.13. The summed E-state index contributed by atoms with van der Waals surface area (Å²) in [6, 6.07) is 0. The summed E-state index contributed by atoms with van der Waals surface area (Å²) in [4.78, 5) is 0. The molecule has 1 aliphatic rings. The quantitative estimate of drug-likeness (QED) is 0.725. The number of ether oxygens (including phenoxy) is 1. The molecule has 2 heteroatoms. The molecular formula is C12H23OSn. The molecule has 0 aliphatic heterocycles. The van der Waals surface area contributed by atoms with Crippen LogP contribution in [-0.2, 0) is 4.74 Å². The van der Waals surface area contributed by atoms with Gasteiger partial charge in [0.2, 0.25) is 0 Å². The molecule has 81 valence electrons. The van der Waals surface area contributed by atoms with Gasteiger partial charge in [-0.3, -0.25) is 0 Å². The van der Waals surface area contributed by atoms with Crippen LogP contribution < -0.4 is 0 Å². The zero-order chi connectivity index (χ0) is 10.6. The molecular weight excluding hydrogens is 279 g/mol. The van der Waals surface area contributed by atoms with E-state index < -0.39 is 0 Å². The summed E-state index contributed by atoms with van der Waals surface area (Å²) in [5.41, 5.74) is 0. The van der Waals surface area contributed by atoms with E-state index in [1.807, 2.05) is 0 Å². The van der Waals surface area contributed by atoms with Crippen molar-refractivity contribution in [1.29, 1.82) is 0 Å². The van der Waals surface area contributed by atoms with E-state index in [1.165, 1.54) is 25.7 Å². The average Bonchev–Trinajstić information content (AvgIpc) is 2.15. The molecule has 1 saturated carbocycles. The van der Waals surface area contributed by atoms with Crippen LogP contribution in [0.15, 0.2) is 0 Å². The van der Waals surface area contributed by atoms with E-state index in [-0.39, 0.29) is 0 Å². The second-order valence-corrected chi connectivity index (χ2v) is 7.37. The van der Waals surface area contributed by atoms with Crippen LogP contribution in [0.25, 0.3) is 0 Å². The Morgan fingerprint density at radius 2 is 1.71 bits per heavy atom. The summed E-state index contributed by atoms with van der Waals surface area (Å²) in [5, 5.41) is 0. The molecule has 0 heterocycles. The maximum absolute atomic E-state index is 5.89. The predicted octanol–water partition coefficient (Wildman–Crippen LogP) is 3.19. The van der Waals surface area contributed by atoms with Crippen molar-refractivity contribution in [1.82, 2.24) is 0 Å². The monoisotopic (exact) mass is 303 g/mol. The molecule has 1 aliphatic carbocycles. The van der Waals surface area contributed by atoms with Crippen LogP contribution in [-0.4, -0.2) is 35.2 Å². The van der Waals surface area contributed by atoms with Crippen LogP contribution >= 0.6 is 0 Å². The van der Waals surface area contributed by atoms with Crippen LogP contribution in [0.2, 0.25) is 3.93 Å². The minimum atomic E-state index is 0.487. The molecule has 0 N–H and O–H groups in total. The van der Waals surface area contributed by atoms with E-state index in [4.69, 9.17) is 4.74 Å². The van der Waals surface area contributed by atoms with E-state index in [2.05, 4.69) is 20.8 Å². The second kappa shape index (κ2) is 6.36. The van der Waals surface area contributed by atoms with Gasteiger partial charge >= 0.3 is 102 Å². The Hall–Kier alpha value is 0.759. The van der Waals surface area contributed by atoms with Crippen molar-refractivity contribution < 1.29 is 4.74 Å². The van der Waals surface area contributed by atoms with Crippen molar-refractivity contribution in [2.24, 2.45) is 11.8 Å². The molecule has 0 aromatic carbocycles. The zero-order valence-corrected chi connectivity index (χ0v) is 12.6. The fraction of sp³-hybridized carbons (Fsp3) is 1.00. The summed E-state index contributed by atoms with van der Waals surface area (Å²) >= 11 is 1.74. The van der Waals surface area contributed by atoms with Gasteiger partial charge in [-0.15, -0.1) is 0 Å². The van der Waals surface area contributed by atoms with E-state index in [0.29, 0.717) is 12.0 Å². The predicted molar refractivity (Wildman–Crippen MR) is 61.7 cm³/mol. The normalized spacial score (nSPS) is 30.6. The first-order valence-electron chi connectivity index (χ1n) is 5.92. The van der Waals surface area contributed by atoms with Gasteiger partial charge in [-0.25, -0.2) is 0 Å². The van der Waals surface area contributed by atoms with E-state index in [1.54, 1.807) is 22.5 Å². The summed E-state index contributed by atoms with van der Waals surface area (Å²) in [5.74, 6) is 1.51. The Morgan fingerprint density at radius 1 is 1.14 bits per heavy atom. The molecule has 1 rings (SSSR count). The first kappa shape index (κ1) is 12.8. The van der Waals surface area contributed by atoms with Crippen LogP contribution in [0.4, 0.5) is 0 Å². The van der Waals surface area contributed by atoms with Crippen LogP contribution in [0, 0.1) is 11.8 Å². The Kier molecular flexibility index (Phi) is 5.83. The van der Waals surface area contributed by atoms with Crippen molar-refractivity contribution in [3.63, 3.8) is 0 Å². The first-order valence-corrected chi connectivity index (χ1v) is 7.57. The van der Waals surface area contributed by atoms with E-state index >= 15 is 0 Å². The third kappa shape index (κ3) is 4.52. The van der Waals surface area contributed by atoms with Gasteiger partial charge in [0, 0.05) is 0 Å². The maximum atomic E-state index is 5.89. The molecule has 0 aromatic heterocycles. The summed E-state index contributed by atoms with van der Waals surface area (Å²) < 4.78 is 6.92. The Bertz CT molecular complexity index is 150. The Balaban J connectivity index is 2.20. The molecule has 1 atom stereocenters. The van der Waals surface area contributed by atoms with Crippen LogP contribution in [0.5, 0.6) is 0 Å².